The van der Waals surface area contributed by atoms with Crippen molar-refractivity contribution in [1.29, 1.82) is 0 Å². The van der Waals surface area contributed by atoms with Gasteiger partial charge in [-0.2, -0.15) is 0 Å². The van der Waals surface area contributed by atoms with Gasteiger partial charge in [0.25, 0.3) is 0 Å². The first kappa shape index (κ1) is 16.6. The van der Waals surface area contributed by atoms with Gasteiger partial charge in [0.1, 0.15) is 0 Å². The molecule has 1 aliphatic carbocycles. The zero-order valence-corrected chi connectivity index (χ0v) is 14.7. The average molecular weight is 341 g/mol. The second-order valence-electron chi connectivity index (χ2n) is 7.75. The number of rotatable bonds is 4. The van der Waals surface area contributed by atoms with Crippen molar-refractivity contribution < 1.29 is 9.59 Å². The predicted molar refractivity (Wildman–Crippen MR) is 97.3 cm³/mol. The van der Waals surface area contributed by atoms with E-state index in [1.54, 1.807) is 0 Å². The van der Waals surface area contributed by atoms with Gasteiger partial charge < -0.3 is 15.5 Å². The molecule has 134 valence electrons. The van der Waals surface area contributed by atoms with Gasteiger partial charge in [-0.25, -0.2) is 0 Å². The number of amides is 2. The van der Waals surface area contributed by atoms with Gasteiger partial charge in [-0.3, -0.25) is 9.59 Å². The number of likely N-dealkylation sites (tertiary alicyclic amines) is 1. The summed E-state index contributed by atoms with van der Waals surface area (Å²) >= 11 is 0. The van der Waals surface area contributed by atoms with Crippen molar-refractivity contribution in [3.63, 3.8) is 0 Å². The lowest BCUT2D eigenvalue weighted by atomic mass is 9.98. The number of anilines is 1. The van der Waals surface area contributed by atoms with Crippen molar-refractivity contribution in [2.45, 2.75) is 50.5 Å². The van der Waals surface area contributed by atoms with Crippen LogP contribution in [0.25, 0.3) is 0 Å². The van der Waals surface area contributed by atoms with Crippen LogP contribution >= 0.6 is 0 Å². The molecule has 0 radical (unpaired) electrons. The molecular formula is C20H27N3O2. The molecule has 2 fully saturated rings. The molecule has 0 aromatic heterocycles. The van der Waals surface area contributed by atoms with Crippen molar-refractivity contribution in [3.8, 4) is 0 Å². The van der Waals surface area contributed by atoms with E-state index in [2.05, 4.69) is 12.1 Å². The van der Waals surface area contributed by atoms with Gasteiger partial charge in [0, 0.05) is 49.6 Å². The Morgan fingerprint density at radius 1 is 1.24 bits per heavy atom. The summed E-state index contributed by atoms with van der Waals surface area (Å²) in [6.45, 7) is 2.43. The van der Waals surface area contributed by atoms with E-state index < -0.39 is 0 Å². The van der Waals surface area contributed by atoms with Gasteiger partial charge in [-0.05, 0) is 43.7 Å². The predicted octanol–water partition coefficient (Wildman–Crippen LogP) is 2.26. The number of hydrogen-bond acceptors (Lipinski definition) is 3. The van der Waals surface area contributed by atoms with Crippen LogP contribution in [-0.4, -0.2) is 42.4 Å². The Labute approximate surface area is 149 Å². The lowest BCUT2D eigenvalue weighted by Crippen LogP contribution is -2.35. The fourth-order valence-corrected chi connectivity index (χ4v) is 4.66. The third kappa shape index (κ3) is 3.17. The molecule has 1 saturated carbocycles. The van der Waals surface area contributed by atoms with E-state index in [9.17, 15) is 9.59 Å². The number of nitrogens with two attached hydrogens (primary N) is 1. The van der Waals surface area contributed by atoms with Crippen LogP contribution < -0.4 is 10.6 Å². The van der Waals surface area contributed by atoms with Gasteiger partial charge in [0.2, 0.25) is 11.8 Å². The van der Waals surface area contributed by atoms with Crippen molar-refractivity contribution in [1.82, 2.24) is 4.90 Å². The summed E-state index contributed by atoms with van der Waals surface area (Å²) in [6, 6.07) is 8.42. The summed E-state index contributed by atoms with van der Waals surface area (Å²) in [4.78, 5) is 28.8. The fourth-order valence-electron chi connectivity index (χ4n) is 4.66. The minimum absolute atomic E-state index is 0.0713. The highest BCUT2D eigenvalue weighted by atomic mass is 16.2. The van der Waals surface area contributed by atoms with Crippen molar-refractivity contribution in [2.75, 3.05) is 24.5 Å². The van der Waals surface area contributed by atoms with Crippen molar-refractivity contribution in [3.05, 3.63) is 29.8 Å². The van der Waals surface area contributed by atoms with Gasteiger partial charge in [0.05, 0.1) is 0 Å². The molecule has 2 amide bonds. The molecule has 1 aromatic rings. The number of para-hydroxylation sites is 1. The topological polar surface area (TPSA) is 66.6 Å². The van der Waals surface area contributed by atoms with Crippen molar-refractivity contribution >= 4 is 17.5 Å². The first-order valence-corrected chi connectivity index (χ1v) is 9.57. The Balaban J connectivity index is 1.47. The van der Waals surface area contributed by atoms with Crippen LogP contribution in [0.1, 0.15) is 50.0 Å². The zero-order chi connectivity index (χ0) is 17.4. The largest absolute Gasteiger partial charge is 0.343 e. The van der Waals surface area contributed by atoms with Crippen LogP contribution in [0.5, 0.6) is 0 Å². The highest BCUT2D eigenvalue weighted by Gasteiger charge is 2.37. The van der Waals surface area contributed by atoms with Gasteiger partial charge in [-0.15, -0.1) is 0 Å². The normalized spacial score (nSPS) is 28.7. The molecule has 0 unspecified atom stereocenters. The fraction of sp³-hybridized carbons (Fsp3) is 0.600. The molecule has 25 heavy (non-hydrogen) atoms. The number of nitrogens with zero attached hydrogens (tertiary/aromatic N) is 2. The lowest BCUT2D eigenvalue weighted by molar-refractivity contribution is -0.127. The maximum Gasteiger partial charge on any atom is 0.230 e. The van der Waals surface area contributed by atoms with E-state index in [0.29, 0.717) is 12.3 Å². The minimum atomic E-state index is 0.0713. The third-order valence-corrected chi connectivity index (χ3v) is 6.08. The number of carbonyl (C=O) groups is 2. The molecule has 3 aliphatic rings. The van der Waals surface area contributed by atoms with E-state index in [0.717, 1.165) is 57.4 Å². The van der Waals surface area contributed by atoms with E-state index in [-0.39, 0.29) is 23.8 Å². The highest BCUT2D eigenvalue weighted by molar-refractivity contribution is 5.97. The summed E-state index contributed by atoms with van der Waals surface area (Å²) in [5.41, 5.74) is 8.32. The number of benzene rings is 1. The van der Waals surface area contributed by atoms with Crippen LogP contribution in [0.15, 0.2) is 24.3 Å². The molecular weight excluding hydrogens is 314 g/mol. The van der Waals surface area contributed by atoms with E-state index in [4.69, 9.17) is 5.73 Å². The Morgan fingerprint density at radius 3 is 2.80 bits per heavy atom. The first-order valence-electron chi connectivity index (χ1n) is 9.57. The maximum atomic E-state index is 13.0. The van der Waals surface area contributed by atoms with Crippen LogP contribution in [0.3, 0.4) is 0 Å². The molecule has 0 spiro atoms. The molecule has 5 heteroatoms. The van der Waals surface area contributed by atoms with Crippen LogP contribution in [0, 0.1) is 5.92 Å². The van der Waals surface area contributed by atoms with E-state index in [1.165, 1.54) is 5.56 Å². The highest BCUT2D eigenvalue weighted by Crippen LogP contribution is 2.40. The number of hydrogen-bond donors (Lipinski definition) is 1. The number of fused-ring (bicyclic) bond motifs is 1. The second-order valence-corrected chi connectivity index (χ2v) is 7.75. The molecule has 2 N–H and O–H groups in total. The van der Waals surface area contributed by atoms with Crippen molar-refractivity contribution in [2.24, 2.45) is 11.7 Å². The Bertz CT molecular complexity index is 675. The van der Waals surface area contributed by atoms with E-state index in [1.807, 2.05) is 21.9 Å². The maximum absolute atomic E-state index is 13.0. The monoisotopic (exact) mass is 341 g/mol. The quantitative estimate of drug-likeness (QED) is 0.913. The lowest BCUT2D eigenvalue weighted by Gasteiger charge is -2.22. The summed E-state index contributed by atoms with van der Waals surface area (Å²) in [7, 11) is 0. The summed E-state index contributed by atoms with van der Waals surface area (Å²) in [6.07, 6.45) is 5.26. The van der Waals surface area contributed by atoms with E-state index >= 15 is 0 Å². The van der Waals surface area contributed by atoms with Gasteiger partial charge in [-0.1, -0.05) is 18.2 Å². The summed E-state index contributed by atoms with van der Waals surface area (Å²) in [5, 5.41) is 0. The summed E-state index contributed by atoms with van der Waals surface area (Å²) < 4.78 is 0. The summed E-state index contributed by atoms with van der Waals surface area (Å²) in [5.74, 6) is 0.907. The average Bonchev–Trinajstić information content (AvgIpc) is 3.31. The molecule has 0 bridgehead atoms. The van der Waals surface area contributed by atoms with Gasteiger partial charge >= 0.3 is 0 Å². The first-order chi connectivity index (χ1) is 12.1. The molecule has 5 nitrogen and oxygen atoms in total. The third-order valence-electron chi connectivity index (χ3n) is 6.08. The molecule has 2 heterocycles. The standard InChI is InChI=1S/C20H27N3O2/c21-16-8-7-14(12-16)20(25)23-13-15(17-4-1-2-5-18(17)23)9-11-22-10-3-6-19(22)24/h1-2,4-5,14-16H,3,6-13,21H2/t14-,15+,16+/m0/s1. The zero-order valence-electron chi connectivity index (χ0n) is 14.7. The molecule has 4 rings (SSSR count). The second kappa shape index (κ2) is 6.79. The van der Waals surface area contributed by atoms with Crippen LogP contribution in [-0.2, 0) is 9.59 Å². The Morgan fingerprint density at radius 2 is 2.08 bits per heavy atom. The molecule has 1 aromatic carbocycles. The number of carbonyl (C=O) groups excluding carboxylic acids is 2. The Hall–Kier alpha value is -1.88. The molecule has 3 atom stereocenters. The SMILES string of the molecule is N[C@@H]1CC[C@H](C(=O)N2C[C@@H](CCN3CCCC3=O)c3ccccc32)C1. The molecule has 2 aliphatic heterocycles. The smallest absolute Gasteiger partial charge is 0.230 e. The van der Waals surface area contributed by atoms with Gasteiger partial charge in [0.15, 0.2) is 0 Å². The molecule has 1 saturated heterocycles. The Kier molecular flexibility index (Phi) is 4.50. The van der Waals surface area contributed by atoms with Crippen LogP contribution in [0.4, 0.5) is 5.69 Å². The minimum Gasteiger partial charge on any atom is -0.343 e. The van der Waals surface area contributed by atoms with Crippen LogP contribution in [0.2, 0.25) is 0 Å².